The quantitative estimate of drug-likeness (QED) is 0.802. The molecule has 1 heterocycles. The molecular weight excluding hydrogens is 248 g/mol. The summed E-state index contributed by atoms with van der Waals surface area (Å²) in [4.78, 5) is 0. The molecule has 0 unspecified atom stereocenters. The van der Waals surface area contributed by atoms with Crippen molar-refractivity contribution in [3.8, 4) is 0 Å². The van der Waals surface area contributed by atoms with Gasteiger partial charge < -0.3 is 19.0 Å². The van der Waals surface area contributed by atoms with E-state index in [1.165, 1.54) is 0 Å². The van der Waals surface area contributed by atoms with E-state index in [2.05, 4.69) is 33.9 Å². The summed E-state index contributed by atoms with van der Waals surface area (Å²) >= 11 is 0. The van der Waals surface area contributed by atoms with E-state index >= 15 is 0 Å². The van der Waals surface area contributed by atoms with Crippen LogP contribution < -0.4 is 0 Å². The van der Waals surface area contributed by atoms with E-state index in [1.54, 1.807) is 7.11 Å². The van der Waals surface area contributed by atoms with Gasteiger partial charge in [0.1, 0.15) is 6.10 Å². The molecule has 0 aliphatic carbocycles. The van der Waals surface area contributed by atoms with Crippen LogP contribution in [0.4, 0.5) is 0 Å². The summed E-state index contributed by atoms with van der Waals surface area (Å²) in [5, 5.41) is 9.60. The van der Waals surface area contributed by atoms with Crippen LogP contribution in [0, 0.1) is 0 Å². The predicted molar refractivity (Wildman–Crippen MR) is 74.1 cm³/mol. The van der Waals surface area contributed by atoms with Gasteiger partial charge in [-0.15, -0.1) is 0 Å². The number of aliphatic hydroxyl groups excluding tert-OH is 1. The molecule has 0 aromatic carbocycles. The Hall–Kier alpha value is 0.0569. The second kappa shape index (κ2) is 6.01. The van der Waals surface area contributed by atoms with Crippen LogP contribution in [0.25, 0.3) is 0 Å². The largest absolute Gasteiger partial charge is 0.411 e. The van der Waals surface area contributed by atoms with E-state index in [4.69, 9.17) is 13.9 Å². The fourth-order valence-electron chi connectivity index (χ4n) is 1.86. The molecule has 1 aliphatic rings. The summed E-state index contributed by atoms with van der Waals surface area (Å²) in [7, 11) is -0.181. The average molecular weight is 276 g/mol. The fourth-order valence-corrected chi connectivity index (χ4v) is 3.24. The zero-order valence-electron chi connectivity index (χ0n) is 12.5. The lowest BCUT2D eigenvalue weighted by Crippen LogP contribution is -2.51. The SMILES string of the molecule is CO[C@@H]1CC[C@H](O[Si](C)(C)C(C)(C)C)[C@@H](CO)O1. The molecule has 3 atom stereocenters. The van der Waals surface area contributed by atoms with Gasteiger partial charge in [0.05, 0.1) is 12.7 Å². The third-order valence-corrected chi connectivity index (χ3v) is 8.63. The van der Waals surface area contributed by atoms with Crippen LogP contribution in [0.2, 0.25) is 18.1 Å². The van der Waals surface area contributed by atoms with Crippen LogP contribution in [0.15, 0.2) is 0 Å². The van der Waals surface area contributed by atoms with E-state index < -0.39 is 8.32 Å². The van der Waals surface area contributed by atoms with Crippen LogP contribution in [-0.2, 0) is 13.9 Å². The molecule has 1 aliphatic heterocycles. The highest BCUT2D eigenvalue weighted by atomic mass is 28.4. The van der Waals surface area contributed by atoms with Crippen LogP contribution in [0.1, 0.15) is 33.6 Å². The minimum atomic E-state index is -1.81. The number of ether oxygens (including phenoxy) is 2. The van der Waals surface area contributed by atoms with Crippen molar-refractivity contribution in [2.45, 2.75) is 70.2 Å². The number of rotatable bonds is 4. The minimum Gasteiger partial charge on any atom is -0.411 e. The van der Waals surface area contributed by atoms with E-state index in [0.29, 0.717) is 0 Å². The van der Waals surface area contributed by atoms with Crippen molar-refractivity contribution < 1.29 is 19.0 Å². The zero-order valence-corrected chi connectivity index (χ0v) is 13.5. The molecule has 0 aromatic rings. The Balaban J connectivity index is 2.66. The maximum Gasteiger partial charge on any atom is 0.192 e. The Labute approximate surface area is 112 Å². The van der Waals surface area contributed by atoms with Crippen molar-refractivity contribution in [3.63, 3.8) is 0 Å². The lowest BCUT2D eigenvalue weighted by atomic mass is 10.1. The van der Waals surface area contributed by atoms with Crippen LogP contribution in [0.5, 0.6) is 0 Å². The molecular formula is C13H28O4Si. The van der Waals surface area contributed by atoms with Gasteiger partial charge in [-0.2, -0.15) is 0 Å². The first kappa shape index (κ1) is 16.1. The van der Waals surface area contributed by atoms with Gasteiger partial charge in [0.15, 0.2) is 14.6 Å². The number of aliphatic hydroxyl groups is 1. The normalized spacial score (nSPS) is 30.5. The van der Waals surface area contributed by atoms with Gasteiger partial charge in [0.2, 0.25) is 0 Å². The molecule has 1 rings (SSSR count). The second-order valence-electron chi connectivity index (χ2n) is 6.52. The van der Waals surface area contributed by atoms with Crippen molar-refractivity contribution in [2.75, 3.05) is 13.7 Å². The van der Waals surface area contributed by atoms with Crippen LogP contribution in [-0.4, -0.2) is 45.6 Å². The molecule has 0 amide bonds. The van der Waals surface area contributed by atoms with E-state index in [-0.39, 0.29) is 30.1 Å². The Bertz CT molecular complexity index is 262. The highest BCUT2D eigenvalue weighted by Crippen LogP contribution is 2.39. The molecule has 1 fully saturated rings. The lowest BCUT2D eigenvalue weighted by molar-refractivity contribution is -0.216. The molecule has 1 saturated heterocycles. The van der Waals surface area contributed by atoms with E-state index in [0.717, 1.165) is 12.8 Å². The molecule has 1 N–H and O–H groups in total. The molecule has 0 spiro atoms. The average Bonchev–Trinajstić information content (AvgIpc) is 2.27. The first-order valence-corrected chi connectivity index (χ1v) is 9.59. The van der Waals surface area contributed by atoms with Gasteiger partial charge in [-0.3, -0.25) is 0 Å². The van der Waals surface area contributed by atoms with Crippen molar-refractivity contribution in [1.82, 2.24) is 0 Å². The van der Waals surface area contributed by atoms with E-state index in [9.17, 15) is 5.11 Å². The monoisotopic (exact) mass is 276 g/mol. The summed E-state index contributed by atoms with van der Waals surface area (Å²) in [5.74, 6) is 0. The van der Waals surface area contributed by atoms with Crippen molar-refractivity contribution in [1.29, 1.82) is 0 Å². The summed E-state index contributed by atoms with van der Waals surface area (Å²) in [6.07, 6.45) is 1.23. The Morgan fingerprint density at radius 3 is 2.33 bits per heavy atom. The smallest absolute Gasteiger partial charge is 0.192 e. The maximum absolute atomic E-state index is 9.43. The first-order chi connectivity index (χ1) is 8.21. The van der Waals surface area contributed by atoms with Gasteiger partial charge in [0, 0.05) is 13.5 Å². The van der Waals surface area contributed by atoms with Gasteiger partial charge >= 0.3 is 0 Å². The predicted octanol–water partition coefficient (Wildman–Crippen LogP) is 2.52. The van der Waals surface area contributed by atoms with E-state index in [1.807, 2.05) is 0 Å². The molecule has 0 bridgehead atoms. The standard InChI is InChI=1S/C13H28O4Si/c1-13(2,3)18(5,6)17-10-7-8-12(15-4)16-11(10)9-14/h10-12,14H,7-9H2,1-6H3/t10-,11+,12-/m0/s1. The Morgan fingerprint density at radius 2 is 1.89 bits per heavy atom. The van der Waals surface area contributed by atoms with Gasteiger partial charge in [-0.05, 0) is 24.6 Å². The van der Waals surface area contributed by atoms with Crippen molar-refractivity contribution in [3.05, 3.63) is 0 Å². The molecule has 18 heavy (non-hydrogen) atoms. The summed E-state index contributed by atoms with van der Waals surface area (Å²) in [6, 6.07) is 0. The minimum absolute atomic E-state index is 0.0118. The lowest BCUT2D eigenvalue weighted by Gasteiger charge is -2.43. The molecule has 108 valence electrons. The number of hydrogen-bond acceptors (Lipinski definition) is 4. The molecule has 0 radical (unpaired) electrons. The molecule has 0 aromatic heterocycles. The molecule has 5 heteroatoms. The zero-order chi connectivity index (χ0) is 14.0. The topological polar surface area (TPSA) is 47.9 Å². The third-order valence-electron chi connectivity index (χ3n) is 4.12. The highest BCUT2D eigenvalue weighted by Gasteiger charge is 2.42. The highest BCUT2D eigenvalue weighted by molar-refractivity contribution is 6.74. The number of methoxy groups -OCH3 is 1. The Morgan fingerprint density at radius 1 is 1.28 bits per heavy atom. The molecule has 4 nitrogen and oxygen atoms in total. The summed E-state index contributed by atoms with van der Waals surface area (Å²) in [5.41, 5.74) is 0. The maximum atomic E-state index is 9.43. The number of hydrogen-bond donors (Lipinski definition) is 1. The second-order valence-corrected chi connectivity index (χ2v) is 11.3. The fraction of sp³-hybridized carbons (Fsp3) is 1.00. The van der Waals surface area contributed by atoms with Crippen molar-refractivity contribution in [2.24, 2.45) is 0 Å². The molecule has 0 saturated carbocycles. The van der Waals surface area contributed by atoms with Gasteiger partial charge in [-0.25, -0.2) is 0 Å². The Kier molecular flexibility index (Phi) is 5.38. The van der Waals surface area contributed by atoms with Gasteiger partial charge in [0.25, 0.3) is 0 Å². The summed E-state index contributed by atoms with van der Waals surface area (Å²) < 4.78 is 17.2. The van der Waals surface area contributed by atoms with Crippen molar-refractivity contribution >= 4 is 8.32 Å². The van der Waals surface area contributed by atoms with Gasteiger partial charge in [-0.1, -0.05) is 20.8 Å². The summed E-state index contributed by atoms with van der Waals surface area (Å²) in [6.45, 7) is 11.1. The first-order valence-electron chi connectivity index (χ1n) is 6.68. The third kappa shape index (κ3) is 3.77. The van der Waals surface area contributed by atoms with Crippen LogP contribution in [0.3, 0.4) is 0 Å². The van der Waals surface area contributed by atoms with Crippen LogP contribution >= 0.6 is 0 Å².